The third-order valence-electron chi connectivity index (χ3n) is 5.36. The average Bonchev–Trinajstić information content (AvgIpc) is 2.62. The van der Waals surface area contributed by atoms with E-state index < -0.39 is 5.92 Å². The second-order valence-electron chi connectivity index (χ2n) is 7.31. The van der Waals surface area contributed by atoms with Gasteiger partial charge in [0.15, 0.2) is 0 Å². The Bertz CT molecular complexity index is 698. The standard InChI is InChI=1S/C19H24F2N4O/c1-14-2-3-16(13-22)18(23-14)25-8-4-15(5-9-25)12-17(26)24-10-6-19(20,21)7-11-24/h2-3,15H,4-12H2,1H3. The van der Waals surface area contributed by atoms with Crippen LogP contribution in [0.2, 0.25) is 0 Å². The first-order valence-electron chi connectivity index (χ1n) is 9.16. The summed E-state index contributed by atoms with van der Waals surface area (Å²) in [5, 5.41) is 9.27. The smallest absolute Gasteiger partial charge is 0.251 e. The van der Waals surface area contributed by atoms with Crippen LogP contribution in [0, 0.1) is 24.2 Å². The minimum Gasteiger partial charge on any atom is -0.355 e. The summed E-state index contributed by atoms with van der Waals surface area (Å²) in [6.07, 6.45) is 1.65. The quantitative estimate of drug-likeness (QED) is 0.829. The first-order valence-corrected chi connectivity index (χ1v) is 9.16. The number of aromatic nitrogens is 1. The molecule has 140 valence electrons. The fraction of sp³-hybridized carbons (Fsp3) is 0.632. The molecule has 0 N–H and O–H groups in total. The Morgan fingerprint density at radius 3 is 2.54 bits per heavy atom. The van der Waals surface area contributed by atoms with E-state index in [-0.39, 0.29) is 37.8 Å². The Morgan fingerprint density at radius 2 is 1.92 bits per heavy atom. The Labute approximate surface area is 152 Å². The molecule has 0 spiro atoms. The van der Waals surface area contributed by atoms with Gasteiger partial charge in [0.05, 0.1) is 5.56 Å². The lowest BCUT2D eigenvalue weighted by Gasteiger charge is -2.35. The Balaban J connectivity index is 1.52. The number of halogens is 2. The van der Waals surface area contributed by atoms with Crippen molar-refractivity contribution in [1.82, 2.24) is 9.88 Å². The fourth-order valence-electron chi connectivity index (χ4n) is 3.68. The summed E-state index contributed by atoms with van der Waals surface area (Å²) in [6, 6.07) is 5.81. The van der Waals surface area contributed by atoms with Crippen molar-refractivity contribution >= 4 is 11.7 Å². The number of hydrogen-bond donors (Lipinski definition) is 0. The molecule has 1 aromatic rings. The zero-order valence-corrected chi connectivity index (χ0v) is 15.0. The van der Waals surface area contributed by atoms with E-state index in [1.165, 1.54) is 0 Å². The molecular weight excluding hydrogens is 338 g/mol. The van der Waals surface area contributed by atoms with Gasteiger partial charge in [-0.15, -0.1) is 0 Å². The van der Waals surface area contributed by atoms with Gasteiger partial charge in [-0.25, -0.2) is 13.8 Å². The molecule has 0 aromatic carbocycles. The van der Waals surface area contributed by atoms with E-state index >= 15 is 0 Å². The van der Waals surface area contributed by atoms with Gasteiger partial charge in [-0.1, -0.05) is 0 Å². The third kappa shape index (κ3) is 4.29. The van der Waals surface area contributed by atoms with E-state index in [1.54, 1.807) is 11.0 Å². The Kier molecular flexibility index (Phi) is 5.40. The number of anilines is 1. The SMILES string of the molecule is Cc1ccc(C#N)c(N2CCC(CC(=O)N3CCC(F)(F)CC3)CC2)n1. The fourth-order valence-corrected chi connectivity index (χ4v) is 3.68. The molecule has 0 radical (unpaired) electrons. The van der Waals surface area contributed by atoms with Gasteiger partial charge in [0.25, 0.3) is 5.92 Å². The molecular formula is C19H24F2N4O. The van der Waals surface area contributed by atoms with Crippen LogP contribution in [-0.4, -0.2) is 47.9 Å². The van der Waals surface area contributed by atoms with Crippen LogP contribution in [0.3, 0.4) is 0 Å². The molecule has 0 unspecified atom stereocenters. The molecule has 5 nitrogen and oxygen atoms in total. The maximum Gasteiger partial charge on any atom is 0.251 e. The van der Waals surface area contributed by atoms with Gasteiger partial charge in [-0.3, -0.25) is 4.79 Å². The molecule has 7 heteroatoms. The first kappa shape index (κ1) is 18.6. The number of rotatable bonds is 3. The summed E-state index contributed by atoms with van der Waals surface area (Å²) in [6.45, 7) is 3.72. The molecule has 2 fully saturated rings. The number of piperidine rings is 2. The summed E-state index contributed by atoms with van der Waals surface area (Å²) in [5.74, 6) is -1.65. The molecule has 1 aromatic heterocycles. The maximum atomic E-state index is 13.2. The van der Waals surface area contributed by atoms with Gasteiger partial charge in [0.1, 0.15) is 11.9 Å². The van der Waals surface area contributed by atoms with Crippen molar-refractivity contribution in [3.8, 4) is 6.07 Å². The van der Waals surface area contributed by atoms with Crippen molar-refractivity contribution in [2.45, 2.75) is 45.0 Å². The van der Waals surface area contributed by atoms with E-state index in [0.717, 1.165) is 37.4 Å². The van der Waals surface area contributed by atoms with Gasteiger partial charge < -0.3 is 9.80 Å². The van der Waals surface area contributed by atoms with Gasteiger partial charge >= 0.3 is 0 Å². The second kappa shape index (κ2) is 7.56. The van der Waals surface area contributed by atoms with Crippen molar-refractivity contribution < 1.29 is 13.6 Å². The van der Waals surface area contributed by atoms with Gasteiger partial charge in [-0.05, 0) is 37.8 Å². The number of likely N-dealkylation sites (tertiary alicyclic amines) is 1. The normalized spacial score (nSPS) is 20.7. The number of carbonyl (C=O) groups excluding carboxylic acids is 1. The van der Waals surface area contributed by atoms with Crippen LogP contribution in [0.5, 0.6) is 0 Å². The van der Waals surface area contributed by atoms with Crippen molar-refractivity contribution in [1.29, 1.82) is 5.26 Å². The predicted octanol–water partition coefficient (Wildman–Crippen LogP) is 3.13. The second-order valence-corrected chi connectivity index (χ2v) is 7.31. The molecule has 2 aliphatic heterocycles. The monoisotopic (exact) mass is 362 g/mol. The highest BCUT2D eigenvalue weighted by Gasteiger charge is 2.36. The van der Waals surface area contributed by atoms with E-state index in [2.05, 4.69) is 16.0 Å². The average molecular weight is 362 g/mol. The summed E-state index contributed by atoms with van der Waals surface area (Å²) in [5.41, 5.74) is 1.44. The van der Waals surface area contributed by atoms with Crippen LogP contribution in [0.1, 0.15) is 43.4 Å². The maximum absolute atomic E-state index is 13.2. The van der Waals surface area contributed by atoms with Crippen LogP contribution in [0.15, 0.2) is 12.1 Å². The van der Waals surface area contributed by atoms with Crippen molar-refractivity contribution in [3.63, 3.8) is 0 Å². The lowest BCUT2D eigenvalue weighted by molar-refractivity contribution is -0.138. The number of aryl methyl sites for hydroxylation is 1. The topological polar surface area (TPSA) is 60.2 Å². The van der Waals surface area contributed by atoms with Crippen LogP contribution < -0.4 is 4.90 Å². The predicted molar refractivity (Wildman–Crippen MR) is 94.0 cm³/mol. The lowest BCUT2D eigenvalue weighted by atomic mass is 9.92. The first-order chi connectivity index (χ1) is 12.4. The van der Waals surface area contributed by atoms with Gasteiger partial charge in [-0.2, -0.15) is 5.26 Å². The molecule has 2 saturated heterocycles. The summed E-state index contributed by atoms with van der Waals surface area (Å²) >= 11 is 0. The number of nitrogens with zero attached hydrogens (tertiary/aromatic N) is 4. The number of hydrogen-bond acceptors (Lipinski definition) is 4. The largest absolute Gasteiger partial charge is 0.355 e. The van der Waals surface area contributed by atoms with Crippen molar-refractivity contribution in [3.05, 3.63) is 23.4 Å². The summed E-state index contributed by atoms with van der Waals surface area (Å²) in [4.78, 5) is 20.6. The molecule has 0 atom stereocenters. The number of pyridine rings is 1. The zero-order valence-electron chi connectivity index (χ0n) is 15.0. The van der Waals surface area contributed by atoms with Crippen molar-refractivity contribution in [2.24, 2.45) is 5.92 Å². The number of nitriles is 1. The minimum atomic E-state index is -2.62. The number of carbonyl (C=O) groups is 1. The van der Waals surface area contributed by atoms with Crippen molar-refractivity contribution in [2.75, 3.05) is 31.1 Å². The van der Waals surface area contributed by atoms with Crippen LogP contribution in [0.25, 0.3) is 0 Å². The van der Waals surface area contributed by atoms with Crippen LogP contribution in [0.4, 0.5) is 14.6 Å². The molecule has 0 aliphatic carbocycles. The molecule has 26 heavy (non-hydrogen) atoms. The zero-order chi connectivity index (χ0) is 18.7. The minimum absolute atomic E-state index is 0.00894. The van der Waals surface area contributed by atoms with E-state index in [9.17, 15) is 18.8 Å². The Morgan fingerprint density at radius 1 is 1.27 bits per heavy atom. The van der Waals surface area contributed by atoms with Crippen LogP contribution >= 0.6 is 0 Å². The number of amides is 1. The van der Waals surface area contributed by atoms with Crippen LogP contribution in [-0.2, 0) is 4.79 Å². The summed E-state index contributed by atoms with van der Waals surface area (Å²) in [7, 11) is 0. The highest BCUT2D eigenvalue weighted by Crippen LogP contribution is 2.30. The molecule has 2 aliphatic rings. The van der Waals surface area contributed by atoms with Gasteiger partial charge in [0, 0.05) is 51.1 Å². The lowest BCUT2D eigenvalue weighted by Crippen LogP contribution is -2.44. The molecule has 3 heterocycles. The third-order valence-corrected chi connectivity index (χ3v) is 5.36. The van der Waals surface area contributed by atoms with E-state index in [0.29, 0.717) is 12.0 Å². The Hall–Kier alpha value is -2.23. The molecule has 0 saturated carbocycles. The van der Waals surface area contributed by atoms with E-state index in [4.69, 9.17) is 0 Å². The number of alkyl halides is 2. The van der Waals surface area contributed by atoms with E-state index in [1.807, 2.05) is 13.0 Å². The molecule has 1 amide bonds. The molecule has 0 bridgehead atoms. The molecule has 3 rings (SSSR count). The van der Waals surface area contributed by atoms with Gasteiger partial charge in [0.2, 0.25) is 5.91 Å². The summed E-state index contributed by atoms with van der Waals surface area (Å²) < 4.78 is 26.4. The highest BCUT2D eigenvalue weighted by molar-refractivity contribution is 5.76. The highest BCUT2D eigenvalue weighted by atomic mass is 19.3.